The summed E-state index contributed by atoms with van der Waals surface area (Å²) >= 11 is 0. The number of benzene rings is 1. The Bertz CT molecular complexity index is 365. The topological polar surface area (TPSA) is 12.0 Å². The van der Waals surface area contributed by atoms with Crippen molar-refractivity contribution in [3.63, 3.8) is 0 Å². The average Bonchev–Trinajstić information content (AvgIpc) is 2.46. The van der Waals surface area contributed by atoms with E-state index in [-0.39, 0.29) is 5.82 Å². The molecular weight excluding hydrogens is 237 g/mol. The Morgan fingerprint density at radius 1 is 1.05 bits per heavy atom. The minimum absolute atomic E-state index is 0.133. The quantitative estimate of drug-likeness (QED) is 0.806. The van der Waals surface area contributed by atoms with Gasteiger partial charge in [-0.05, 0) is 68.8 Å². The summed E-state index contributed by atoms with van der Waals surface area (Å²) in [5.74, 6) is -0.133. The molecule has 0 aromatic heterocycles. The molecule has 1 aromatic rings. The highest BCUT2D eigenvalue weighted by atomic mass is 19.1. The molecule has 1 fully saturated rings. The molecule has 0 unspecified atom stereocenters. The minimum atomic E-state index is -0.133. The molecule has 0 aliphatic heterocycles. The molecule has 1 nitrogen and oxygen atoms in total. The summed E-state index contributed by atoms with van der Waals surface area (Å²) in [6.07, 6.45) is 10.5. The molecule has 2 heteroatoms. The summed E-state index contributed by atoms with van der Waals surface area (Å²) in [5, 5.41) is 3.30. The Balaban J connectivity index is 1.93. The minimum Gasteiger partial charge on any atom is -0.320 e. The molecule has 106 valence electrons. The third-order valence-electron chi connectivity index (χ3n) is 4.68. The monoisotopic (exact) mass is 263 g/mol. The van der Waals surface area contributed by atoms with Crippen LogP contribution in [0.3, 0.4) is 0 Å². The fraction of sp³-hybridized carbons (Fsp3) is 0.647. The highest BCUT2D eigenvalue weighted by Crippen LogP contribution is 2.42. The van der Waals surface area contributed by atoms with Crippen LogP contribution in [0.1, 0.15) is 50.5 Å². The van der Waals surface area contributed by atoms with E-state index < -0.39 is 0 Å². The predicted octanol–water partition coefficient (Wildman–Crippen LogP) is 4.32. The number of hydrogen-bond donors (Lipinski definition) is 1. The van der Waals surface area contributed by atoms with Gasteiger partial charge >= 0.3 is 0 Å². The van der Waals surface area contributed by atoms with Crippen molar-refractivity contribution in [3.05, 3.63) is 35.6 Å². The van der Waals surface area contributed by atoms with Crippen LogP contribution >= 0.6 is 0 Å². The van der Waals surface area contributed by atoms with Gasteiger partial charge in [0.2, 0.25) is 0 Å². The highest BCUT2D eigenvalue weighted by molar-refractivity contribution is 5.16. The number of halogens is 1. The van der Waals surface area contributed by atoms with Crippen molar-refractivity contribution >= 4 is 0 Å². The normalized spacial score (nSPS) is 18.4. The van der Waals surface area contributed by atoms with E-state index in [1.807, 2.05) is 19.2 Å². The van der Waals surface area contributed by atoms with E-state index in [0.717, 1.165) is 13.0 Å². The van der Waals surface area contributed by atoms with E-state index in [2.05, 4.69) is 5.32 Å². The third kappa shape index (κ3) is 4.31. The second kappa shape index (κ2) is 7.04. The van der Waals surface area contributed by atoms with Gasteiger partial charge < -0.3 is 5.32 Å². The summed E-state index contributed by atoms with van der Waals surface area (Å²) in [6.45, 7) is 1.11. The first kappa shape index (κ1) is 14.5. The molecule has 19 heavy (non-hydrogen) atoms. The van der Waals surface area contributed by atoms with Gasteiger partial charge in [0.15, 0.2) is 0 Å². The van der Waals surface area contributed by atoms with Crippen LogP contribution in [-0.2, 0) is 6.42 Å². The standard InChI is InChI=1S/C17H26FN/c1-19-14-13-17(10-3-2-4-11-17)12-9-15-5-7-16(18)8-6-15/h5-8,19H,2-4,9-14H2,1H3. The average molecular weight is 263 g/mol. The van der Waals surface area contributed by atoms with E-state index in [0.29, 0.717) is 5.41 Å². The first-order chi connectivity index (χ1) is 9.24. The Morgan fingerprint density at radius 2 is 1.74 bits per heavy atom. The zero-order valence-corrected chi connectivity index (χ0v) is 12.1. The Hall–Kier alpha value is -0.890. The fourth-order valence-corrected chi connectivity index (χ4v) is 3.38. The smallest absolute Gasteiger partial charge is 0.123 e. The molecule has 0 radical (unpaired) electrons. The maximum Gasteiger partial charge on any atom is 0.123 e. The Kier molecular flexibility index (Phi) is 5.38. The van der Waals surface area contributed by atoms with Crippen LogP contribution in [0.25, 0.3) is 0 Å². The van der Waals surface area contributed by atoms with E-state index in [1.165, 1.54) is 50.5 Å². The van der Waals surface area contributed by atoms with Crippen LogP contribution in [-0.4, -0.2) is 13.6 Å². The van der Waals surface area contributed by atoms with Gasteiger partial charge in [-0.3, -0.25) is 0 Å². The molecule has 1 saturated carbocycles. The lowest BCUT2D eigenvalue weighted by Crippen LogP contribution is -2.28. The maximum atomic E-state index is 12.9. The summed E-state index contributed by atoms with van der Waals surface area (Å²) in [6, 6.07) is 7.03. The Labute approximate surface area is 116 Å². The molecule has 0 saturated heterocycles. The lowest BCUT2D eigenvalue weighted by atomic mass is 9.68. The van der Waals surface area contributed by atoms with Gasteiger partial charge in [0, 0.05) is 0 Å². The molecule has 0 atom stereocenters. The van der Waals surface area contributed by atoms with E-state index in [9.17, 15) is 4.39 Å². The first-order valence-electron chi connectivity index (χ1n) is 7.63. The van der Waals surface area contributed by atoms with Gasteiger partial charge in [-0.15, -0.1) is 0 Å². The molecule has 1 N–H and O–H groups in total. The summed E-state index contributed by atoms with van der Waals surface area (Å²) in [7, 11) is 2.04. The van der Waals surface area contributed by atoms with Gasteiger partial charge in [-0.25, -0.2) is 4.39 Å². The molecule has 0 spiro atoms. The number of aryl methyl sites for hydroxylation is 1. The summed E-state index contributed by atoms with van der Waals surface area (Å²) in [5.41, 5.74) is 1.80. The van der Waals surface area contributed by atoms with E-state index in [1.54, 1.807) is 12.1 Å². The molecule has 1 aliphatic carbocycles. The van der Waals surface area contributed by atoms with Crippen molar-refractivity contribution in [1.29, 1.82) is 0 Å². The first-order valence-corrected chi connectivity index (χ1v) is 7.63. The molecule has 2 rings (SSSR count). The number of rotatable bonds is 6. The Morgan fingerprint density at radius 3 is 2.37 bits per heavy atom. The van der Waals surface area contributed by atoms with Gasteiger partial charge in [0.1, 0.15) is 5.82 Å². The van der Waals surface area contributed by atoms with E-state index >= 15 is 0 Å². The second-order valence-corrected chi connectivity index (χ2v) is 6.04. The van der Waals surface area contributed by atoms with Crippen LogP contribution < -0.4 is 5.32 Å². The molecule has 1 aliphatic rings. The molecule has 1 aromatic carbocycles. The van der Waals surface area contributed by atoms with Crippen LogP contribution in [0.15, 0.2) is 24.3 Å². The van der Waals surface area contributed by atoms with Gasteiger partial charge in [-0.1, -0.05) is 31.4 Å². The zero-order valence-electron chi connectivity index (χ0n) is 12.1. The van der Waals surface area contributed by atoms with Gasteiger partial charge in [0.05, 0.1) is 0 Å². The maximum absolute atomic E-state index is 12.9. The van der Waals surface area contributed by atoms with Gasteiger partial charge in [-0.2, -0.15) is 0 Å². The number of hydrogen-bond acceptors (Lipinski definition) is 1. The van der Waals surface area contributed by atoms with Crippen molar-refractivity contribution < 1.29 is 4.39 Å². The predicted molar refractivity (Wildman–Crippen MR) is 78.8 cm³/mol. The summed E-state index contributed by atoms with van der Waals surface area (Å²) < 4.78 is 12.9. The molecule has 0 bridgehead atoms. The summed E-state index contributed by atoms with van der Waals surface area (Å²) in [4.78, 5) is 0. The fourth-order valence-electron chi connectivity index (χ4n) is 3.38. The van der Waals surface area contributed by atoms with Gasteiger partial charge in [0.25, 0.3) is 0 Å². The molecule has 0 amide bonds. The van der Waals surface area contributed by atoms with Crippen molar-refractivity contribution in [1.82, 2.24) is 5.32 Å². The van der Waals surface area contributed by atoms with Crippen molar-refractivity contribution in [3.8, 4) is 0 Å². The van der Waals surface area contributed by atoms with Crippen molar-refractivity contribution in [2.45, 2.75) is 51.4 Å². The largest absolute Gasteiger partial charge is 0.320 e. The zero-order chi connectivity index (χ0) is 13.6. The van der Waals surface area contributed by atoms with E-state index in [4.69, 9.17) is 0 Å². The number of nitrogens with one attached hydrogen (secondary N) is 1. The van der Waals surface area contributed by atoms with Crippen LogP contribution in [0, 0.1) is 11.2 Å². The second-order valence-electron chi connectivity index (χ2n) is 6.04. The lowest BCUT2D eigenvalue weighted by molar-refractivity contribution is 0.157. The lowest BCUT2D eigenvalue weighted by Gasteiger charge is -2.38. The van der Waals surface area contributed by atoms with Crippen molar-refractivity contribution in [2.24, 2.45) is 5.41 Å². The molecular formula is C17H26FN. The van der Waals surface area contributed by atoms with Crippen LogP contribution in [0.4, 0.5) is 4.39 Å². The van der Waals surface area contributed by atoms with Crippen LogP contribution in [0.2, 0.25) is 0 Å². The third-order valence-corrected chi connectivity index (χ3v) is 4.68. The van der Waals surface area contributed by atoms with Crippen LogP contribution in [0.5, 0.6) is 0 Å². The highest BCUT2D eigenvalue weighted by Gasteiger charge is 2.30. The molecule has 0 heterocycles. The SMILES string of the molecule is CNCCC1(CCc2ccc(F)cc2)CCCCC1. The van der Waals surface area contributed by atoms with Crippen molar-refractivity contribution in [2.75, 3.05) is 13.6 Å².